The highest BCUT2D eigenvalue weighted by molar-refractivity contribution is 7.93. The summed E-state index contributed by atoms with van der Waals surface area (Å²) in [5, 5.41) is 5.65. The average molecular weight is 464 g/mol. The van der Waals surface area contributed by atoms with Crippen LogP contribution in [0.3, 0.4) is 0 Å². The Hall–Kier alpha value is -3.65. The zero-order valence-corrected chi connectivity index (χ0v) is 19.3. The highest BCUT2D eigenvalue weighted by Gasteiger charge is 2.34. The summed E-state index contributed by atoms with van der Waals surface area (Å²) in [7, 11) is -3.66. The van der Waals surface area contributed by atoms with Gasteiger partial charge in [-0.15, -0.1) is 0 Å². The Bertz CT molecular complexity index is 1330. The van der Waals surface area contributed by atoms with Crippen molar-refractivity contribution in [3.8, 4) is 11.1 Å². The molecule has 0 atom stereocenters. The topological polar surface area (TPSA) is 95.6 Å². The molecule has 7 nitrogen and oxygen atoms in total. The number of hydrogen-bond acceptors (Lipinski definition) is 4. The van der Waals surface area contributed by atoms with Crippen molar-refractivity contribution in [3.05, 3.63) is 77.9 Å². The second-order valence-corrected chi connectivity index (χ2v) is 9.48. The molecule has 0 spiro atoms. The lowest BCUT2D eigenvalue weighted by molar-refractivity contribution is 0.0954. The summed E-state index contributed by atoms with van der Waals surface area (Å²) in [6, 6.07) is 18.6. The van der Waals surface area contributed by atoms with E-state index in [-0.39, 0.29) is 23.3 Å². The summed E-state index contributed by atoms with van der Waals surface area (Å²) in [5.74, 6) is -0.640. The number of anilines is 2. The van der Waals surface area contributed by atoms with E-state index < -0.39 is 10.0 Å². The lowest BCUT2D eigenvalue weighted by atomic mass is 9.99. The van der Waals surface area contributed by atoms with Crippen LogP contribution in [0.25, 0.3) is 11.1 Å². The third-order valence-corrected chi connectivity index (χ3v) is 7.46. The molecular formula is C25H25N3O4S. The Morgan fingerprint density at radius 1 is 0.879 bits per heavy atom. The van der Waals surface area contributed by atoms with Gasteiger partial charge in [0.2, 0.25) is 0 Å². The molecule has 2 amide bonds. The van der Waals surface area contributed by atoms with Gasteiger partial charge in [-0.25, -0.2) is 8.42 Å². The highest BCUT2D eigenvalue weighted by Crippen LogP contribution is 2.43. The van der Waals surface area contributed by atoms with E-state index in [0.29, 0.717) is 40.2 Å². The molecule has 0 aromatic heterocycles. The Morgan fingerprint density at radius 2 is 1.61 bits per heavy atom. The number of carbonyl (C=O) groups is 2. The first-order chi connectivity index (χ1) is 15.9. The van der Waals surface area contributed by atoms with E-state index in [0.717, 1.165) is 6.42 Å². The predicted octanol–water partition coefficient (Wildman–Crippen LogP) is 4.27. The van der Waals surface area contributed by atoms with Gasteiger partial charge >= 0.3 is 0 Å². The highest BCUT2D eigenvalue weighted by atomic mass is 32.2. The summed E-state index contributed by atoms with van der Waals surface area (Å²) in [6.45, 7) is 4.56. The maximum atomic E-state index is 13.1. The normalized spacial score (nSPS) is 13.6. The standard InChI is InChI=1S/C25H25N3O4S/c1-3-15-26-25(30)19-10-5-7-11-21(19)27-24(29)17-13-14-22-20(16-17)18-9-6-8-12-23(18)33(31,32)28(22)4-2/h5-14,16H,3-4,15H2,1-2H3,(H,26,30)(H,27,29). The van der Waals surface area contributed by atoms with Crippen molar-refractivity contribution >= 4 is 33.2 Å². The van der Waals surface area contributed by atoms with Gasteiger partial charge in [0, 0.05) is 29.8 Å². The van der Waals surface area contributed by atoms with Crippen LogP contribution < -0.4 is 14.9 Å². The number of fused-ring (bicyclic) bond motifs is 3. The van der Waals surface area contributed by atoms with Crippen LogP contribution in [0, 0.1) is 0 Å². The number of benzene rings is 3. The summed E-state index contributed by atoms with van der Waals surface area (Å²) >= 11 is 0. The molecule has 3 aromatic carbocycles. The van der Waals surface area contributed by atoms with Crippen LogP contribution in [0.2, 0.25) is 0 Å². The molecule has 0 unspecified atom stereocenters. The lowest BCUT2D eigenvalue weighted by Gasteiger charge is -2.31. The van der Waals surface area contributed by atoms with Crippen LogP contribution in [0.1, 0.15) is 41.0 Å². The van der Waals surface area contributed by atoms with E-state index in [9.17, 15) is 18.0 Å². The summed E-state index contributed by atoms with van der Waals surface area (Å²) in [5.41, 5.74) is 2.92. The van der Waals surface area contributed by atoms with Gasteiger partial charge in [-0.3, -0.25) is 13.9 Å². The van der Waals surface area contributed by atoms with Gasteiger partial charge < -0.3 is 10.6 Å². The quantitative estimate of drug-likeness (QED) is 0.571. The van der Waals surface area contributed by atoms with Gasteiger partial charge in [0.25, 0.3) is 21.8 Å². The minimum atomic E-state index is -3.66. The summed E-state index contributed by atoms with van der Waals surface area (Å²) < 4.78 is 27.4. The van der Waals surface area contributed by atoms with Crippen molar-refractivity contribution in [1.82, 2.24) is 5.32 Å². The molecule has 1 aliphatic heterocycles. The van der Waals surface area contributed by atoms with Crippen LogP contribution >= 0.6 is 0 Å². The molecule has 170 valence electrons. The number of amides is 2. The Balaban J connectivity index is 1.70. The molecular weight excluding hydrogens is 438 g/mol. The largest absolute Gasteiger partial charge is 0.352 e. The van der Waals surface area contributed by atoms with Gasteiger partial charge in [-0.2, -0.15) is 0 Å². The minimum Gasteiger partial charge on any atom is -0.352 e. The minimum absolute atomic E-state index is 0.217. The van der Waals surface area contributed by atoms with Crippen molar-refractivity contribution < 1.29 is 18.0 Å². The van der Waals surface area contributed by atoms with Crippen LogP contribution in [-0.2, 0) is 10.0 Å². The smallest absolute Gasteiger partial charge is 0.264 e. The maximum Gasteiger partial charge on any atom is 0.264 e. The van der Waals surface area contributed by atoms with Crippen molar-refractivity contribution in [2.75, 3.05) is 22.7 Å². The fourth-order valence-corrected chi connectivity index (χ4v) is 5.63. The van der Waals surface area contributed by atoms with E-state index in [2.05, 4.69) is 10.6 Å². The lowest BCUT2D eigenvalue weighted by Crippen LogP contribution is -2.34. The van der Waals surface area contributed by atoms with Crippen LogP contribution in [0.15, 0.2) is 71.6 Å². The molecule has 1 heterocycles. The molecule has 0 aliphatic carbocycles. The SMILES string of the molecule is CCCNC(=O)c1ccccc1NC(=O)c1ccc2c(c1)-c1ccccc1S(=O)(=O)N2CC. The van der Waals surface area contributed by atoms with Crippen molar-refractivity contribution in [1.29, 1.82) is 0 Å². The number of nitrogens with zero attached hydrogens (tertiary/aromatic N) is 1. The third kappa shape index (κ3) is 4.09. The Kier molecular flexibility index (Phi) is 6.20. The van der Waals surface area contributed by atoms with Crippen LogP contribution in [-0.4, -0.2) is 33.3 Å². The van der Waals surface area contributed by atoms with Gasteiger partial charge in [0.15, 0.2) is 0 Å². The molecule has 0 fully saturated rings. The molecule has 4 rings (SSSR count). The molecule has 8 heteroatoms. The number of nitrogens with one attached hydrogen (secondary N) is 2. The van der Waals surface area contributed by atoms with Crippen molar-refractivity contribution in [2.45, 2.75) is 25.2 Å². The van der Waals surface area contributed by atoms with Crippen molar-refractivity contribution in [2.24, 2.45) is 0 Å². The molecule has 1 aliphatic rings. The van der Waals surface area contributed by atoms with Gasteiger partial charge in [-0.05, 0) is 49.7 Å². The Morgan fingerprint density at radius 3 is 2.36 bits per heavy atom. The monoisotopic (exact) mass is 463 g/mol. The molecule has 2 N–H and O–H groups in total. The Labute approximate surface area is 193 Å². The predicted molar refractivity (Wildman–Crippen MR) is 129 cm³/mol. The molecule has 3 aromatic rings. The molecule has 33 heavy (non-hydrogen) atoms. The first-order valence-corrected chi connectivity index (χ1v) is 12.3. The van der Waals surface area contributed by atoms with E-state index >= 15 is 0 Å². The molecule has 0 saturated carbocycles. The number of hydrogen-bond donors (Lipinski definition) is 2. The van der Waals surface area contributed by atoms with Crippen LogP contribution in [0.5, 0.6) is 0 Å². The first kappa shape index (κ1) is 22.5. The summed E-state index contributed by atoms with van der Waals surface area (Å²) in [4.78, 5) is 25.8. The second-order valence-electron chi connectivity index (χ2n) is 7.65. The number of rotatable bonds is 6. The van der Waals surface area contributed by atoms with E-state index in [1.165, 1.54) is 4.31 Å². The van der Waals surface area contributed by atoms with Gasteiger partial charge in [0.05, 0.1) is 21.8 Å². The fraction of sp³-hybridized carbons (Fsp3) is 0.200. The number of sulfonamides is 1. The molecule has 0 saturated heterocycles. The third-order valence-electron chi connectivity index (χ3n) is 5.52. The number of carbonyl (C=O) groups excluding carboxylic acids is 2. The fourth-order valence-electron chi connectivity index (χ4n) is 3.93. The van der Waals surface area contributed by atoms with E-state index in [1.807, 2.05) is 6.92 Å². The zero-order valence-electron chi connectivity index (χ0n) is 18.5. The second kappa shape index (κ2) is 9.07. The van der Waals surface area contributed by atoms with Crippen LogP contribution in [0.4, 0.5) is 11.4 Å². The van der Waals surface area contributed by atoms with E-state index in [4.69, 9.17) is 0 Å². The van der Waals surface area contributed by atoms with Gasteiger partial charge in [-0.1, -0.05) is 37.3 Å². The average Bonchev–Trinajstić information content (AvgIpc) is 2.83. The number of para-hydroxylation sites is 1. The molecule has 0 bridgehead atoms. The first-order valence-electron chi connectivity index (χ1n) is 10.8. The maximum absolute atomic E-state index is 13.1. The van der Waals surface area contributed by atoms with E-state index in [1.54, 1.807) is 73.7 Å². The van der Waals surface area contributed by atoms with Crippen molar-refractivity contribution in [3.63, 3.8) is 0 Å². The van der Waals surface area contributed by atoms with Gasteiger partial charge in [0.1, 0.15) is 0 Å². The zero-order chi connectivity index (χ0) is 23.6. The summed E-state index contributed by atoms with van der Waals surface area (Å²) in [6.07, 6.45) is 0.807. The molecule has 0 radical (unpaired) electrons.